The van der Waals surface area contributed by atoms with Crippen molar-refractivity contribution in [2.75, 3.05) is 5.32 Å². The predicted molar refractivity (Wildman–Crippen MR) is 88.1 cm³/mol. The number of tetrazole rings is 1. The number of allylic oxidation sites excluding steroid dienone is 1. The van der Waals surface area contributed by atoms with Crippen molar-refractivity contribution in [3.05, 3.63) is 76.3 Å². The lowest BCUT2D eigenvalue weighted by Gasteiger charge is -2.23. The van der Waals surface area contributed by atoms with Crippen LogP contribution in [0, 0.1) is 0 Å². The van der Waals surface area contributed by atoms with Gasteiger partial charge in [-0.05, 0) is 39.8 Å². The fourth-order valence-electron chi connectivity index (χ4n) is 2.54. The molecule has 1 atom stereocenters. The molecule has 1 aliphatic rings. The van der Waals surface area contributed by atoms with E-state index >= 15 is 0 Å². The molecule has 0 radical (unpaired) electrons. The summed E-state index contributed by atoms with van der Waals surface area (Å²) in [7, 11) is 0. The van der Waals surface area contributed by atoms with Crippen molar-refractivity contribution in [1.82, 2.24) is 20.2 Å². The molecule has 1 N–H and O–H groups in total. The molecule has 2 aromatic carbocycles. The van der Waals surface area contributed by atoms with Gasteiger partial charge in [0.1, 0.15) is 6.04 Å². The fraction of sp³-hybridized carbons (Fsp3) is 0.0625. The molecule has 0 fully saturated rings. The molecular weight excluding hydrogens is 342 g/mol. The number of fused-ring (bicyclic) bond motifs is 1. The summed E-state index contributed by atoms with van der Waals surface area (Å²) in [5.41, 5.74) is 3.25. The van der Waals surface area contributed by atoms with E-state index in [0.29, 0.717) is 5.95 Å². The molecule has 0 unspecified atom stereocenters. The van der Waals surface area contributed by atoms with Gasteiger partial charge >= 0.3 is 0 Å². The summed E-state index contributed by atoms with van der Waals surface area (Å²) < 4.78 is 2.84. The zero-order chi connectivity index (χ0) is 14.9. The third kappa shape index (κ3) is 2.31. The number of anilines is 1. The van der Waals surface area contributed by atoms with E-state index in [1.54, 1.807) is 4.68 Å². The lowest BCUT2D eigenvalue weighted by molar-refractivity contribution is 0.586. The normalized spacial score (nSPS) is 16.6. The highest BCUT2D eigenvalue weighted by atomic mass is 79.9. The van der Waals surface area contributed by atoms with Gasteiger partial charge in [-0.1, -0.05) is 63.5 Å². The molecular formula is C16H12BrN5. The summed E-state index contributed by atoms with van der Waals surface area (Å²) >= 11 is 3.47. The second-order valence-corrected chi connectivity index (χ2v) is 5.93. The number of hydrogen-bond donors (Lipinski definition) is 1. The van der Waals surface area contributed by atoms with Crippen molar-refractivity contribution in [1.29, 1.82) is 0 Å². The van der Waals surface area contributed by atoms with Gasteiger partial charge in [-0.15, -0.1) is 0 Å². The second kappa shape index (κ2) is 5.38. The number of hydrogen-bond acceptors (Lipinski definition) is 4. The fourth-order valence-corrected chi connectivity index (χ4v) is 2.80. The SMILES string of the molecule is Brc1ccc([C@H]2C=C(c3ccccc3)Nc3nnnn32)cc1. The Labute approximate surface area is 135 Å². The van der Waals surface area contributed by atoms with Crippen LogP contribution >= 0.6 is 15.9 Å². The van der Waals surface area contributed by atoms with Crippen molar-refractivity contribution < 1.29 is 0 Å². The average Bonchev–Trinajstić information content (AvgIpc) is 3.04. The minimum atomic E-state index is -0.0328. The predicted octanol–water partition coefficient (Wildman–Crippen LogP) is 3.49. The summed E-state index contributed by atoms with van der Waals surface area (Å²) in [4.78, 5) is 0. The smallest absolute Gasteiger partial charge is 0.248 e. The van der Waals surface area contributed by atoms with Crippen LogP contribution in [0.5, 0.6) is 0 Å². The molecule has 0 aliphatic carbocycles. The summed E-state index contributed by atoms with van der Waals surface area (Å²) in [5.74, 6) is 0.647. The highest BCUT2D eigenvalue weighted by molar-refractivity contribution is 9.10. The van der Waals surface area contributed by atoms with Crippen LogP contribution in [0.25, 0.3) is 5.70 Å². The number of benzene rings is 2. The van der Waals surface area contributed by atoms with Crippen LogP contribution in [0.3, 0.4) is 0 Å². The molecule has 0 saturated carbocycles. The maximum Gasteiger partial charge on any atom is 0.248 e. The summed E-state index contributed by atoms with van der Waals surface area (Å²) in [6, 6.07) is 18.3. The maximum absolute atomic E-state index is 4.10. The van der Waals surface area contributed by atoms with Gasteiger partial charge in [-0.25, -0.2) is 0 Å². The molecule has 0 saturated heterocycles. The lowest BCUT2D eigenvalue weighted by Crippen LogP contribution is -2.20. The van der Waals surface area contributed by atoms with E-state index in [1.165, 1.54) is 0 Å². The van der Waals surface area contributed by atoms with Gasteiger partial charge < -0.3 is 5.32 Å². The number of aromatic nitrogens is 4. The third-order valence-corrected chi connectivity index (χ3v) is 4.15. The van der Waals surface area contributed by atoms with Gasteiger partial charge in [-0.3, -0.25) is 0 Å². The van der Waals surface area contributed by atoms with Crippen LogP contribution in [0.1, 0.15) is 17.2 Å². The van der Waals surface area contributed by atoms with Gasteiger partial charge in [-0.2, -0.15) is 4.68 Å². The van der Waals surface area contributed by atoms with Crippen molar-refractivity contribution >= 4 is 27.6 Å². The Morgan fingerprint density at radius 2 is 1.77 bits per heavy atom. The molecule has 4 rings (SSSR count). The maximum atomic E-state index is 4.10. The first kappa shape index (κ1) is 13.2. The average molecular weight is 354 g/mol. The number of rotatable bonds is 2. The molecule has 0 spiro atoms. The van der Waals surface area contributed by atoms with E-state index in [2.05, 4.69) is 67.1 Å². The van der Waals surface area contributed by atoms with Gasteiger partial charge in [0.25, 0.3) is 0 Å². The standard InChI is InChI=1S/C16H12BrN5/c17-13-8-6-12(7-9-13)15-10-14(11-4-2-1-3-5-11)18-16-19-20-21-22(15)16/h1-10,15H,(H,18,19,21)/t15-/m1/s1. The molecule has 2 heterocycles. The van der Waals surface area contributed by atoms with Gasteiger partial charge in [0.2, 0.25) is 5.95 Å². The highest BCUT2D eigenvalue weighted by Crippen LogP contribution is 2.31. The molecule has 1 aliphatic heterocycles. The first-order valence-electron chi connectivity index (χ1n) is 6.89. The van der Waals surface area contributed by atoms with E-state index in [4.69, 9.17) is 0 Å². The number of nitrogens with one attached hydrogen (secondary N) is 1. The summed E-state index contributed by atoms with van der Waals surface area (Å²) in [6.07, 6.45) is 2.14. The summed E-state index contributed by atoms with van der Waals surface area (Å²) in [5, 5.41) is 15.2. The van der Waals surface area contributed by atoms with Gasteiger partial charge in [0.05, 0.1) is 0 Å². The van der Waals surface area contributed by atoms with E-state index < -0.39 is 0 Å². The van der Waals surface area contributed by atoms with Gasteiger partial charge in [0.15, 0.2) is 0 Å². The largest absolute Gasteiger partial charge is 0.323 e. The minimum Gasteiger partial charge on any atom is -0.323 e. The molecule has 108 valence electrons. The molecule has 5 nitrogen and oxygen atoms in total. The zero-order valence-corrected chi connectivity index (χ0v) is 13.1. The lowest BCUT2D eigenvalue weighted by atomic mass is 10.0. The van der Waals surface area contributed by atoms with Crippen LogP contribution in [-0.2, 0) is 0 Å². The van der Waals surface area contributed by atoms with E-state index in [0.717, 1.165) is 21.3 Å². The van der Waals surface area contributed by atoms with Crippen molar-refractivity contribution in [2.24, 2.45) is 0 Å². The zero-order valence-electron chi connectivity index (χ0n) is 11.5. The Balaban J connectivity index is 1.81. The van der Waals surface area contributed by atoms with Crippen LogP contribution < -0.4 is 5.32 Å². The second-order valence-electron chi connectivity index (χ2n) is 5.01. The van der Waals surface area contributed by atoms with Crippen LogP contribution in [0.2, 0.25) is 0 Å². The van der Waals surface area contributed by atoms with Crippen molar-refractivity contribution in [2.45, 2.75) is 6.04 Å². The Morgan fingerprint density at radius 3 is 2.55 bits per heavy atom. The molecule has 0 bridgehead atoms. The Kier molecular flexibility index (Phi) is 3.23. The van der Waals surface area contributed by atoms with E-state index in [1.807, 2.05) is 30.3 Å². The Hall–Kier alpha value is -2.47. The van der Waals surface area contributed by atoms with Crippen LogP contribution in [0.15, 0.2) is 65.1 Å². The van der Waals surface area contributed by atoms with Gasteiger partial charge in [0, 0.05) is 10.2 Å². The quantitative estimate of drug-likeness (QED) is 0.766. The van der Waals surface area contributed by atoms with Crippen molar-refractivity contribution in [3.8, 4) is 0 Å². The topological polar surface area (TPSA) is 55.6 Å². The van der Waals surface area contributed by atoms with E-state index in [-0.39, 0.29) is 6.04 Å². The first-order chi connectivity index (χ1) is 10.8. The third-order valence-electron chi connectivity index (χ3n) is 3.62. The number of nitrogens with zero attached hydrogens (tertiary/aromatic N) is 4. The van der Waals surface area contributed by atoms with Crippen LogP contribution in [0.4, 0.5) is 5.95 Å². The van der Waals surface area contributed by atoms with E-state index in [9.17, 15) is 0 Å². The minimum absolute atomic E-state index is 0.0328. The van der Waals surface area contributed by atoms with Crippen molar-refractivity contribution in [3.63, 3.8) is 0 Å². The Morgan fingerprint density at radius 1 is 1.00 bits per heavy atom. The molecule has 3 aromatic rings. The number of halogens is 1. The molecule has 6 heteroatoms. The highest BCUT2D eigenvalue weighted by Gasteiger charge is 2.24. The Bertz CT molecular complexity index is 823. The molecule has 22 heavy (non-hydrogen) atoms. The molecule has 1 aromatic heterocycles. The monoisotopic (exact) mass is 353 g/mol. The summed E-state index contributed by atoms with van der Waals surface area (Å²) in [6.45, 7) is 0. The van der Waals surface area contributed by atoms with Crippen LogP contribution in [-0.4, -0.2) is 20.2 Å². The first-order valence-corrected chi connectivity index (χ1v) is 7.68. The molecule has 0 amide bonds.